The molecule has 0 saturated heterocycles. The summed E-state index contributed by atoms with van der Waals surface area (Å²) < 4.78 is 10.9. The second-order valence-corrected chi connectivity index (χ2v) is 3.65. The number of furan rings is 1. The number of rotatable bonds is 2. The van der Waals surface area contributed by atoms with E-state index < -0.39 is 0 Å². The molecule has 0 spiro atoms. The van der Waals surface area contributed by atoms with Gasteiger partial charge in [0.25, 0.3) is 0 Å². The summed E-state index contributed by atoms with van der Waals surface area (Å²) in [7, 11) is 1.57. The highest BCUT2D eigenvalue weighted by molar-refractivity contribution is 6.13. The fourth-order valence-electron chi connectivity index (χ4n) is 1.99. The first-order valence-corrected chi connectivity index (χ1v) is 5.13. The van der Waals surface area contributed by atoms with Crippen molar-refractivity contribution in [1.29, 1.82) is 0 Å². The monoisotopic (exact) mass is 227 g/mol. The number of hydrogen-bond acceptors (Lipinski definition) is 4. The molecule has 3 aromatic rings. The van der Waals surface area contributed by atoms with Crippen molar-refractivity contribution in [3.63, 3.8) is 0 Å². The number of nitrogens with zero attached hydrogens (tertiary/aromatic N) is 1. The molecule has 0 unspecified atom stereocenters. The Kier molecular flexibility index (Phi) is 2.08. The zero-order valence-electron chi connectivity index (χ0n) is 9.14. The van der Waals surface area contributed by atoms with Crippen LogP contribution in [-0.4, -0.2) is 18.4 Å². The third-order valence-electron chi connectivity index (χ3n) is 2.77. The van der Waals surface area contributed by atoms with E-state index in [1.54, 1.807) is 31.6 Å². The normalized spacial score (nSPS) is 10.9. The average Bonchev–Trinajstić information content (AvgIpc) is 2.77. The standard InChI is InChI=1S/C13H9NO3/c1-16-10-3-2-8(7-15)12-9-4-5-14-6-11(9)17-13(10)12/h2-7H,1H3. The molecule has 3 rings (SSSR count). The summed E-state index contributed by atoms with van der Waals surface area (Å²) >= 11 is 0. The Morgan fingerprint density at radius 1 is 1.35 bits per heavy atom. The maximum absolute atomic E-state index is 11.1. The summed E-state index contributed by atoms with van der Waals surface area (Å²) in [5.74, 6) is 0.613. The van der Waals surface area contributed by atoms with Crippen LogP contribution in [0.5, 0.6) is 5.75 Å². The molecule has 0 atom stereocenters. The molecule has 0 radical (unpaired) electrons. The van der Waals surface area contributed by atoms with E-state index in [4.69, 9.17) is 9.15 Å². The zero-order valence-corrected chi connectivity index (χ0v) is 9.14. The first kappa shape index (κ1) is 9.84. The van der Waals surface area contributed by atoms with Gasteiger partial charge >= 0.3 is 0 Å². The molecule has 84 valence electrons. The molecular weight excluding hydrogens is 218 g/mol. The fourth-order valence-corrected chi connectivity index (χ4v) is 1.99. The molecule has 0 aliphatic rings. The Labute approximate surface area is 96.8 Å². The molecule has 0 aliphatic carbocycles. The van der Waals surface area contributed by atoms with Crippen LogP contribution in [0.3, 0.4) is 0 Å². The highest BCUT2D eigenvalue weighted by Crippen LogP contribution is 2.35. The first-order chi connectivity index (χ1) is 8.35. The van der Waals surface area contributed by atoms with Gasteiger partial charge in [-0.2, -0.15) is 0 Å². The Bertz CT molecular complexity index is 715. The third-order valence-corrected chi connectivity index (χ3v) is 2.77. The second kappa shape index (κ2) is 3.59. The summed E-state index contributed by atoms with van der Waals surface area (Å²) in [6, 6.07) is 5.28. The smallest absolute Gasteiger partial charge is 0.178 e. The molecule has 0 aliphatic heterocycles. The second-order valence-electron chi connectivity index (χ2n) is 3.65. The predicted octanol–water partition coefficient (Wildman–Crippen LogP) is 2.80. The Morgan fingerprint density at radius 2 is 2.24 bits per heavy atom. The van der Waals surface area contributed by atoms with Gasteiger partial charge in [0.1, 0.15) is 0 Å². The quantitative estimate of drug-likeness (QED) is 0.631. The van der Waals surface area contributed by atoms with Crippen molar-refractivity contribution in [2.45, 2.75) is 0 Å². The van der Waals surface area contributed by atoms with E-state index in [0.29, 0.717) is 22.5 Å². The van der Waals surface area contributed by atoms with E-state index in [-0.39, 0.29) is 0 Å². The molecule has 1 aromatic carbocycles. The number of ether oxygens (including phenoxy) is 1. The summed E-state index contributed by atoms with van der Waals surface area (Å²) in [6.45, 7) is 0. The van der Waals surface area contributed by atoms with Crippen LogP contribution in [0, 0.1) is 0 Å². The molecule has 4 heteroatoms. The lowest BCUT2D eigenvalue weighted by molar-refractivity contribution is 0.112. The number of benzene rings is 1. The zero-order chi connectivity index (χ0) is 11.8. The van der Waals surface area contributed by atoms with Gasteiger partial charge in [-0.15, -0.1) is 0 Å². The minimum Gasteiger partial charge on any atom is -0.493 e. The number of methoxy groups -OCH3 is 1. The van der Waals surface area contributed by atoms with E-state index in [9.17, 15) is 4.79 Å². The van der Waals surface area contributed by atoms with Gasteiger partial charge < -0.3 is 9.15 Å². The molecule has 17 heavy (non-hydrogen) atoms. The lowest BCUT2D eigenvalue weighted by atomic mass is 10.1. The van der Waals surface area contributed by atoms with E-state index in [1.165, 1.54) is 0 Å². The minimum absolute atomic E-state index is 0.583. The number of hydrogen-bond donors (Lipinski definition) is 0. The van der Waals surface area contributed by atoms with Crippen LogP contribution < -0.4 is 4.74 Å². The maximum atomic E-state index is 11.1. The highest BCUT2D eigenvalue weighted by atomic mass is 16.5. The van der Waals surface area contributed by atoms with E-state index in [0.717, 1.165) is 17.1 Å². The number of aldehydes is 1. The van der Waals surface area contributed by atoms with Crippen LogP contribution in [0.15, 0.2) is 35.0 Å². The van der Waals surface area contributed by atoms with Crippen molar-refractivity contribution in [1.82, 2.24) is 4.98 Å². The molecular formula is C13H9NO3. The number of aromatic nitrogens is 1. The number of fused-ring (bicyclic) bond motifs is 3. The van der Waals surface area contributed by atoms with Crippen molar-refractivity contribution >= 4 is 28.2 Å². The minimum atomic E-state index is 0.583. The Morgan fingerprint density at radius 3 is 3.00 bits per heavy atom. The summed E-state index contributed by atoms with van der Waals surface area (Å²) in [5.41, 5.74) is 1.82. The van der Waals surface area contributed by atoms with Crippen molar-refractivity contribution in [3.05, 3.63) is 36.2 Å². The summed E-state index contributed by atoms with van der Waals surface area (Å²) in [6.07, 6.45) is 4.12. The van der Waals surface area contributed by atoms with Crippen LogP contribution in [0.2, 0.25) is 0 Å². The van der Waals surface area contributed by atoms with Crippen LogP contribution in [0.25, 0.3) is 21.9 Å². The van der Waals surface area contributed by atoms with Gasteiger partial charge in [0.2, 0.25) is 0 Å². The van der Waals surface area contributed by atoms with Gasteiger partial charge in [-0.1, -0.05) is 0 Å². The van der Waals surface area contributed by atoms with Gasteiger partial charge in [0.05, 0.1) is 13.3 Å². The molecule has 0 fully saturated rings. The highest BCUT2D eigenvalue weighted by Gasteiger charge is 2.14. The van der Waals surface area contributed by atoms with Gasteiger partial charge in [0.15, 0.2) is 23.2 Å². The third kappa shape index (κ3) is 1.30. The number of pyridine rings is 1. The molecule has 2 aromatic heterocycles. The topological polar surface area (TPSA) is 52.3 Å². The SMILES string of the molecule is COc1ccc(C=O)c2c1oc1cnccc12. The maximum Gasteiger partial charge on any atom is 0.178 e. The summed E-state index contributed by atoms with van der Waals surface area (Å²) in [4.78, 5) is 15.1. The van der Waals surface area contributed by atoms with Crippen LogP contribution in [-0.2, 0) is 0 Å². The Hall–Kier alpha value is -2.36. The number of carbonyl (C=O) groups is 1. The van der Waals surface area contributed by atoms with Crippen LogP contribution >= 0.6 is 0 Å². The molecule has 0 N–H and O–H groups in total. The lowest BCUT2D eigenvalue weighted by Crippen LogP contribution is -1.86. The molecule has 2 heterocycles. The van der Waals surface area contributed by atoms with Crippen molar-refractivity contribution < 1.29 is 13.9 Å². The van der Waals surface area contributed by atoms with Gasteiger partial charge in [-0.25, -0.2) is 0 Å². The largest absolute Gasteiger partial charge is 0.493 e. The van der Waals surface area contributed by atoms with Crippen LogP contribution in [0.4, 0.5) is 0 Å². The van der Waals surface area contributed by atoms with Crippen molar-refractivity contribution in [3.8, 4) is 5.75 Å². The van der Waals surface area contributed by atoms with Crippen molar-refractivity contribution in [2.75, 3.05) is 7.11 Å². The van der Waals surface area contributed by atoms with Crippen LogP contribution in [0.1, 0.15) is 10.4 Å². The Balaban J connectivity index is 2.57. The van der Waals surface area contributed by atoms with E-state index in [1.807, 2.05) is 6.07 Å². The van der Waals surface area contributed by atoms with E-state index >= 15 is 0 Å². The number of carbonyl (C=O) groups excluding carboxylic acids is 1. The van der Waals surface area contributed by atoms with Crippen molar-refractivity contribution in [2.24, 2.45) is 0 Å². The average molecular weight is 227 g/mol. The molecule has 0 bridgehead atoms. The fraction of sp³-hybridized carbons (Fsp3) is 0.0769. The first-order valence-electron chi connectivity index (χ1n) is 5.13. The molecule has 0 amide bonds. The van der Waals surface area contributed by atoms with Gasteiger partial charge in [-0.05, 0) is 18.2 Å². The van der Waals surface area contributed by atoms with Gasteiger partial charge in [-0.3, -0.25) is 9.78 Å². The van der Waals surface area contributed by atoms with E-state index in [2.05, 4.69) is 4.98 Å². The molecule has 4 nitrogen and oxygen atoms in total. The van der Waals surface area contributed by atoms with Gasteiger partial charge in [0, 0.05) is 22.5 Å². The summed E-state index contributed by atoms with van der Waals surface area (Å²) in [5, 5.41) is 1.65. The lowest BCUT2D eigenvalue weighted by Gasteiger charge is -2.01. The predicted molar refractivity (Wildman–Crippen MR) is 63.5 cm³/mol. The molecule has 0 saturated carbocycles.